The summed E-state index contributed by atoms with van der Waals surface area (Å²) in [6, 6.07) is 18.4. The van der Waals surface area contributed by atoms with E-state index in [0.29, 0.717) is 31.2 Å². The van der Waals surface area contributed by atoms with Crippen molar-refractivity contribution in [2.24, 2.45) is 5.92 Å². The molecule has 0 bridgehead atoms. The van der Waals surface area contributed by atoms with E-state index < -0.39 is 11.7 Å². The number of carbonyl (C=O) groups is 3. The summed E-state index contributed by atoms with van der Waals surface area (Å²) in [4.78, 5) is 40.8. The summed E-state index contributed by atoms with van der Waals surface area (Å²) < 4.78 is 10.9. The molecule has 0 unspecified atom stereocenters. The minimum Gasteiger partial charge on any atom is -0.444 e. The Kier molecular flexibility index (Phi) is 9.73. The zero-order chi connectivity index (χ0) is 26.0. The van der Waals surface area contributed by atoms with Gasteiger partial charge in [-0.05, 0) is 63.6 Å². The van der Waals surface area contributed by atoms with Crippen LogP contribution in [0.4, 0.5) is 15.3 Å². The maximum absolute atomic E-state index is 12.8. The molecule has 1 N–H and O–H groups in total. The van der Waals surface area contributed by atoms with Crippen molar-refractivity contribution in [3.8, 4) is 0 Å². The fourth-order valence-electron chi connectivity index (χ4n) is 4.01. The highest BCUT2D eigenvalue weighted by Crippen LogP contribution is 2.22. The molecule has 1 aliphatic heterocycles. The van der Waals surface area contributed by atoms with Crippen LogP contribution in [0.5, 0.6) is 0 Å². The van der Waals surface area contributed by atoms with Crippen molar-refractivity contribution in [1.82, 2.24) is 10.2 Å². The second kappa shape index (κ2) is 13.0. The zero-order valence-electron chi connectivity index (χ0n) is 21.4. The Morgan fingerprint density at radius 3 is 2.19 bits per heavy atom. The Labute approximate surface area is 213 Å². The highest BCUT2D eigenvalue weighted by Gasteiger charge is 2.27. The number of piperidine rings is 1. The van der Waals surface area contributed by atoms with Crippen LogP contribution in [-0.4, -0.2) is 54.8 Å². The van der Waals surface area contributed by atoms with Gasteiger partial charge in [0, 0.05) is 25.3 Å². The van der Waals surface area contributed by atoms with Crippen molar-refractivity contribution in [3.63, 3.8) is 0 Å². The molecular formula is C28H37N3O5. The average Bonchev–Trinajstić information content (AvgIpc) is 2.86. The van der Waals surface area contributed by atoms with Crippen molar-refractivity contribution in [2.45, 2.75) is 52.2 Å². The second-order valence-corrected chi connectivity index (χ2v) is 10.0. The van der Waals surface area contributed by atoms with E-state index in [1.807, 2.05) is 69.3 Å². The lowest BCUT2D eigenvalue weighted by molar-refractivity contribution is -0.119. The van der Waals surface area contributed by atoms with Crippen LogP contribution in [0.1, 0.15) is 45.6 Å². The number of para-hydroxylation sites is 1. The smallest absolute Gasteiger partial charge is 0.415 e. The highest BCUT2D eigenvalue weighted by atomic mass is 16.6. The Morgan fingerprint density at radius 2 is 1.58 bits per heavy atom. The molecule has 1 saturated heterocycles. The maximum Gasteiger partial charge on any atom is 0.415 e. The lowest BCUT2D eigenvalue weighted by atomic mass is 9.94. The van der Waals surface area contributed by atoms with Gasteiger partial charge in [-0.1, -0.05) is 48.5 Å². The summed E-state index contributed by atoms with van der Waals surface area (Å²) in [5.74, 6) is 0.173. The molecule has 0 spiro atoms. The van der Waals surface area contributed by atoms with Crippen molar-refractivity contribution < 1.29 is 23.9 Å². The monoisotopic (exact) mass is 495 g/mol. The van der Waals surface area contributed by atoms with Gasteiger partial charge in [0.25, 0.3) is 0 Å². The standard InChI is InChI=1S/C28H37N3O5/c1-28(2,3)36-26(33)30-18-15-22(16-19-30)14-17-29-25(32)20-31(24-12-8-5-9-13-24)27(34)35-21-23-10-6-4-7-11-23/h4-13,22H,14-21H2,1-3H3,(H,29,32). The first-order valence-electron chi connectivity index (χ1n) is 12.5. The number of hydrogen-bond donors (Lipinski definition) is 1. The van der Waals surface area contributed by atoms with E-state index >= 15 is 0 Å². The predicted molar refractivity (Wildman–Crippen MR) is 139 cm³/mol. The van der Waals surface area contributed by atoms with Crippen molar-refractivity contribution in [2.75, 3.05) is 31.1 Å². The first-order valence-corrected chi connectivity index (χ1v) is 12.5. The molecule has 0 aromatic heterocycles. The number of hydrogen-bond acceptors (Lipinski definition) is 5. The minimum absolute atomic E-state index is 0.130. The molecule has 0 saturated carbocycles. The molecule has 3 rings (SSSR count). The average molecular weight is 496 g/mol. The molecule has 2 aromatic carbocycles. The number of amides is 3. The fraction of sp³-hybridized carbons (Fsp3) is 0.464. The number of likely N-dealkylation sites (tertiary alicyclic amines) is 1. The van der Waals surface area contributed by atoms with E-state index in [2.05, 4.69) is 5.32 Å². The zero-order valence-corrected chi connectivity index (χ0v) is 21.4. The second-order valence-electron chi connectivity index (χ2n) is 10.0. The molecule has 8 nitrogen and oxygen atoms in total. The lowest BCUT2D eigenvalue weighted by Gasteiger charge is -2.33. The summed E-state index contributed by atoms with van der Waals surface area (Å²) in [7, 11) is 0. The number of ether oxygens (including phenoxy) is 2. The van der Waals surface area contributed by atoms with Gasteiger partial charge in [0.2, 0.25) is 5.91 Å². The van der Waals surface area contributed by atoms with Gasteiger partial charge in [-0.25, -0.2) is 9.59 Å². The van der Waals surface area contributed by atoms with Crippen LogP contribution in [0.15, 0.2) is 60.7 Å². The molecule has 0 radical (unpaired) electrons. The summed E-state index contributed by atoms with van der Waals surface area (Å²) >= 11 is 0. The van der Waals surface area contributed by atoms with Crippen LogP contribution in [0.3, 0.4) is 0 Å². The van der Waals surface area contributed by atoms with Crippen LogP contribution >= 0.6 is 0 Å². The van der Waals surface area contributed by atoms with Crippen LogP contribution in [-0.2, 0) is 20.9 Å². The van der Waals surface area contributed by atoms with Crippen molar-refractivity contribution >= 4 is 23.8 Å². The van der Waals surface area contributed by atoms with Gasteiger partial charge in [0.05, 0.1) is 0 Å². The Bertz CT molecular complexity index is 983. The van der Waals surface area contributed by atoms with E-state index in [4.69, 9.17) is 9.47 Å². The topological polar surface area (TPSA) is 88.2 Å². The largest absolute Gasteiger partial charge is 0.444 e. The minimum atomic E-state index is -0.574. The van der Waals surface area contributed by atoms with E-state index in [-0.39, 0.29) is 25.2 Å². The molecular weight excluding hydrogens is 458 g/mol. The van der Waals surface area contributed by atoms with Crippen LogP contribution < -0.4 is 10.2 Å². The van der Waals surface area contributed by atoms with Gasteiger partial charge < -0.3 is 19.7 Å². The molecule has 0 atom stereocenters. The maximum atomic E-state index is 12.8. The molecule has 1 aliphatic rings. The van der Waals surface area contributed by atoms with Crippen LogP contribution in [0.2, 0.25) is 0 Å². The highest BCUT2D eigenvalue weighted by molar-refractivity contribution is 5.94. The molecule has 1 fully saturated rings. The number of anilines is 1. The number of benzene rings is 2. The van der Waals surface area contributed by atoms with E-state index in [0.717, 1.165) is 24.8 Å². The van der Waals surface area contributed by atoms with Gasteiger partial charge in [-0.3, -0.25) is 9.69 Å². The Balaban J connectivity index is 1.44. The molecule has 194 valence electrons. The summed E-state index contributed by atoms with van der Waals surface area (Å²) in [5, 5.41) is 2.93. The third-order valence-electron chi connectivity index (χ3n) is 5.94. The first-order chi connectivity index (χ1) is 17.2. The third kappa shape index (κ3) is 8.91. The van der Waals surface area contributed by atoms with Crippen LogP contribution in [0, 0.1) is 5.92 Å². The van der Waals surface area contributed by atoms with Gasteiger partial charge in [0.1, 0.15) is 18.8 Å². The van der Waals surface area contributed by atoms with Gasteiger partial charge in [0.15, 0.2) is 0 Å². The summed E-state index contributed by atoms with van der Waals surface area (Å²) in [6.45, 7) is 7.41. The summed E-state index contributed by atoms with van der Waals surface area (Å²) in [5.41, 5.74) is 0.973. The number of nitrogens with zero attached hydrogens (tertiary/aromatic N) is 2. The molecule has 1 heterocycles. The van der Waals surface area contributed by atoms with E-state index in [1.54, 1.807) is 17.0 Å². The van der Waals surface area contributed by atoms with Gasteiger partial charge in [-0.2, -0.15) is 0 Å². The quantitative estimate of drug-likeness (QED) is 0.558. The Morgan fingerprint density at radius 1 is 0.972 bits per heavy atom. The molecule has 3 amide bonds. The van der Waals surface area contributed by atoms with Crippen molar-refractivity contribution in [1.29, 1.82) is 0 Å². The molecule has 36 heavy (non-hydrogen) atoms. The third-order valence-corrected chi connectivity index (χ3v) is 5.94. The van der Waals surface area contributed by atoms with E-state index in [1.165, 1.54) is 4.90 Å². The first kappa shape index (κ1) is 27.0. The number of nitrogens with one attached hydrogen (secondary N) is 1. The fourth-order valence-corrected chi connectivity index (χ4v) is 4.01. The Hall–Kier alpha value is -3.55. The van der Waals surface area contributed by atoms with Crippen LogP contribution in [0.25, 0.3) is 0 Å². The number of rotatable bonds is 8. The lowest BCUT2D eigenvalue weighted by Crippen LogP contribution is -2.43. The van der Waals surface area contributed by atoms with Gasteiger partial charge in [-0.15, -0.1) is 0 Å². The SMILES string of the molecule is CC(C)(C)OC(=O)N1CCC(CCNC(=O)CN(C(=O)OCc2ccccc2)c2ccccc2)CC1. The van der Waals surface area contributed by atoms with Crippen molar-refractivity contribution in [3.05, 3.63) is 66.2 Å². The normalized spacial score (nSPS) is 14.1. The van der Waals surface area contributed by atoms with E-state index in [9.17, 15) is 14.4 Å². The molecule has 0 aliphatic carbocycles. The molecule has 8 heteroatoms. The number of carbonyl (C=O) groups excluding carboxylic acids is 3. The summed E-state index contributed by atoms with van der Waals surface area (Å²) in [6.07, 6.45) is 1.72. The molecule has 2 aromatic rings. The predicted octanol–water partition coefficient (Wildman–Crippen LogP) is 4.98. The van der Waals surface area contributed by atoms with Gasteiger partial charge >= 0.3 is 12.2 Å².